The second-order valence-electron chi connectivity index (χ2n) is 4.57. The summed E-state index contributed by atoms with van der Waals surface area (Å²) in [6.45, 7) is 0. The number of benzene rings is 1. The molecule has 6 heteroatoms. The van der Waals surface area contributed by atoms with Gasteiger partial charge in [0.15, 0.2) is 17.3 Å². The average Bonchev–Trinajstić information content (AvgIpc) is 3.18. The first-order chi connectivity index (χ1) is 10.3. The molecular weight excluding hydrogens is 268 g/mol. The highest BCUT2D eigenvalue weighted by Crippen LogP contribution is 2.25. The summed E-state index contributed by atoms with van der Waals surface area (Å²) in [5, 5.41) is 7.26. The van der Waals surface area contributed by atoms with Crippen molar-refractivity contribution in [3.8, 4) is 23.0 Å². The SMILES string of the molecule is O=c1[nH]c(-c2ccc(-c3ccn[nH]3)o2)nc2ccccc12. The Hall–Kier alpha value is -3.15. The minimum absolute atomic E-state index is 0.185. The number of nitrogens with zero attached hydrogens (tertiary/aromatic N) is 2. The minimum Gasteiger partial charge on any atom is -0.451 e. The molecule has 0 saturated heterocycles. The maximum atomic E-state index is 12.1. The van der Waals surface area contributed by atoms with E-state index < -0.39 is 0 Å². The van der Waals surface area contributed by atoms with Crippen LogP contribution >= 0.6 is 0 Å². The molecule has 0 bridgehead atoms. The third kappa shape index (κ3) is 1.93. The Bertz CT molecular complexity index is 967. The molecule has 0 fully saturated rings. The zero-order valence-electron chi connectivity index (χ0n) is 10.8. The highest BCUT2D eigenvalue weighted by molar-refractivity contribution is 5.78. The molecule has 2 N–H and O–H groups in total. The van der Waals surface area contributed by atoms with Gasteiger partial charge in [-0.05, 0) is 30.3 Å². The van der Waals surface area contributed by atoms with E-state index in [0.29, 0.717) is 28.2 Å². The summed E-state index contributed by atoms with van der Waals surface area (Å²) in [5.41, 5.74) is 1.22. The van der Waals surface area contributed by atoms with Crippen molar-refractivity contribution < 1.29 is 4.42 Å². The fourth-order valence-electron chi connectivity index (χ4n) is 2.21. The van der Waals surface area contributed by atoms with Gasteiger partial charge in [0, 0.05) is 6.20 Å². The van der Waals surface area contributed by atoms with Crippen LogP contribution in [-0.4, -0.2) is 20.2 Å². The van der Waals surface area contributed by atoms with Crippen molar-refractivity contribution in [1.29, 1.82) is 0 Å². The van der Waals surface area contributed by atoms with Crippen molar-refractivity contribution in [2.75, 3.05) is 0 Å². The van der Waals surface area contributed by atoms with Crippen LogP contribution in [0.25, 0.3) is 33.9 Å². The highest BCUT2D eigenvalue weighted by atomic mass is 16.3. The molecule has 3 heterocycles. The Morgan fingerprint density at radius 1 is 1.00 bits per heavy atom. The standard InChI is InChI=1S/C15H10N4O2/c20-15-9-3-1-2-4-10(9)17-14(18-15)13-6-5-12(21-13)11-7-8-16-19-11/h1-8H,(H,16,19)(H,17,18,20). The largest absolute Gasteiger partial charge is 0.451 e. The average molecular weight is 278 g/mol. The number of para-hydroxylation sites is 1. The van der Waals surface area contributed by atoms with Crippen LogP contribution in [0.5, 0.6) is 0 Å². The number of rotatable bonds is 2. The van der Waals surface area contributed by atoms with Crippen molar-refractivity contribution in [2.45, 2.75) is 0 Å². The smallest absolute Gasteiger partial charge is 0.259 e. The quantitative estimate of drug-likeness (QED) is 0.590. The normalized spacial score (nSPS) is 11.0. The first-order valence-electron chi connectivity index (χ1n) is 6.40. The number of aromatic nitrogens is 4. The van der Waals surface area contributed by atoms with Crippen molar-refractivity contribution in [3.05, 3.63) is 59.0 Å². The van der Waals surface area contributed by atoms with E-state index in [1.54, 1.807) is 36.5 Å². The van der Waals surface area contributed by atoms with Crippen LogP contribution in [0.2, 0.25) is 0 Å². The van der Waals surface area contributed by atoms with Gasteiger partial charge in [0.1, 0.15) is 5.69 Å². The van der Waals surface area contributed by atoms with Crippen molar-refractivity contribution in [3.63, 3.8) is 0 Å². The lowest BCUT2D eigenvalue weighted by Crippen LogP contribution is -2.08. The van der Waals surface area contributed by atoms with Gasteiger partial charge < -0.3 is 9.40 Å². The van der Waals surface area contributed by atoms with E-state index in [4.69, 9.17) is 4.42 Å². The Kier molecular flexibility index (Phi) is 2.47. The zero-order chi connectivity index (χ0) is 14.2. The van der Waals surface area contributed by atoms with Crippen LogP contribution in [-0.2, 0) is 0 Å². The summed E-state index contributed by atoms with van der Waals surface area (Å²) >= 11 is 0. The summed E-state index contributed by atoms with van der Waals surface area (Å²) in [6, 6.07) is 12.6. The second-order valence-corrected chi connectivity index (χ2v) is 4.57. The van der Waals surface area contributed by atoms with Crippen LogP contribution in [0.4, 0.5) is 0 Å². The van der Waals surface area contributed by atoms with Gasteiger partial charge in [-0.15, -0.1) is 0 Å². The third-order valence-corrected chi connectivity index (χ3v) is 3.22. The molecule has 0 radical (unpaired) electrons. The van der Waals surface area contributed by atoms with Gasteiger partial charge in [-0.2, -0.15) is 5.10 Å². The summed E-state index contributed by atoms with van der Waals surface area (Å²) in [6.07, 6.45) is 1.65. The molecule has 6 nitrogen and oxygen atoms in total. The number of aromatic amines is 2. The fourth-order valence-corrected chi connectivity index (χ4v) is 2.21. The van der Waals surface area contributed by atoms with E-state index >= 15 is 0 Å². The molecule has 0 aliphatic rings. The maximum absolute atomic E-state index is 12.1. The van der Waals surface area contributed by atoms with Crippen LogP contribution in [0.15, 0.2) is 57.9 Å². The number of H-pyrrole nitrogens is 2. The van der Waals surface area contributed by atoms with Gasteiger partial charge in [0.25, 0.3) is 5.56 Å². The zero-order valence-corrected chi connectivity index (χ0v) is 10.8. The lowest BCUT2D eigenvalue weighted by molar-refractivity contribution is 0.589. The Morgan fingerprint density at radius 2 is 1.86 bits per heavy atom. The summed E-state index contributed by atoms with van der Waals surface area (Å²) in [4.78, 5) is 19.2. The Morgan fingerprint density at radius 3 is 2.71 bits per heavy atom. The molecule has 21 heavy (non-hydrogen) atoms. The number of furan rings is 1. The van der Waals surface area contributed by atoms with Gasteiger partial charge in [-0.1, -0.05) is 12.1 Å². The van der Waals surface area contributed by atoms with E-state index in [2.05, 4.69) is 20.2 Å². The fraction of sp³-hybridized carbons (Fsp3) is 0. The first-order valence-corrected chi connectivity index (χ1v) is 6.40. The molecule has 0 saturated carbocycles. The van der Waals surface area contributed by atoms with Gasteiger partial charge in [0.2, 0.25) is 0 Å². The number of nitrogens with one attached hydrogen (secondary N) is 2. The predicted octanol–water partition coefficient (Wildman–Crippen LogP) is 2.57. The third-order valence-electron chi connectivity index (χ3n) is 3.22. The van der Waals surface area contributed by atoms with Gasteiger partial charge in [0.05, 0.1) is 10.9 Å². The summed E-state index contributed by atoms with van der Waals surface area (Å²) < 4.78 is 5.71. The molecule has 0 unspecified atom stereocenters. The second kappa shape index (κ2) is 4.45. The molecule has 0 spiro atoms. The topological polar surface area (TPSA) is 87.6 Å². The molecule has 0 atom stereocenters. The van der Waals surface area contributed by atoms with Crippen LogP contribution < -0.4 is 5.56 Å². The minimum atomic E-state index is -0.185. The molecule has 0 amide bonds. The summed E-state index contributed by atoms with van der Waals surface area (Å²) in [5.74, 6) is 1.55. The number of hydrogen-bond donors (Lipinski definition) is 2. The van der Waals surface area contributed by atoms with Crippen LogP contribution in [0, 0.1) is 0 Å². The van der Waals surface area contributed by atoms with E-state index in [0.717, 1.165) is 5.69 Å². The van der Waals surface area contributed by atoms with Crippen molar-refractivity contribution >= 4 is 10.9 Å². The molecule has 4 aromatic rings. The van der Waals surface area contributed by atoms with E-state index in [9.17, 15) is 4.79 Å². The number of fused-ring (bicyclic) bond motifs is 1. The van der Waals surface area contributed by atoms with Crippen LogP contribution in [0.1, 0.15) is 0 Å². The summed E-state index contributed by atoms with van der Waals surface area (Å²) in [7, 11) is 0. The lowest BCUT2D eigenvalue weighted by Gasteiger charge is -2.00. The van der Waals surface area contributed by atoms with E-state index in [1.165, 1.54) is 0 Å². The van der Waals surface area contributed by atoms with Crippen molar-refractivity contribution in [2.24, 2.45) is 0 Å². The maximum Gasteiger partial charge on any atom is 0.259 e. The van der Waals surface area contributed by atoms with Gasteiger partial charge in [-0.25, -0.2) is 4.98 Å². The van der Waals surface area contributed by atoms with E-state index in [-0.39, 0.29) is 5.56 Å². The van der Waals surface area contributed by atoms with E-state index in [1.807, 2.05) is 12.1 Å². The first kappa shape index (κ1) is 11.7. The molecule has 3 aromatic heterocycles. The van der Waals surface area contributed by atoms with Gasteiger partial charge in [-0.3, -0.25) is 9.89 Å². The molecular formula is C15H10N4O2. The Balaban J connectivity index is 1.85. The van der Waals surface area contributed by atoms with Crippen molar-refractivity contribution in [1.82, 2.24) is 20.2 Å². The Labute approximate surface area is 118 Å². The highest BCUT2D eigenvalue weighted by Gasteiger charge is 2.11. The molecule has 0 aliphatic heterocycles. The molecule has 4 rings (SSSR count). The van der Waals surface area contributed by atoms with Crippen LogP contribution in [0.3, 0.4) is 0 Å². The predicted molar refractivity (Wildman–Crippen MR) is 77.6 cm³/mol. The molecule has 1 aromatic carbocycles. The number of hydrogen-bond acceptors (Lipinski definition) is 4. The molecule has 102 valence electrons. The lowest BCUT2D eigenvalue weighted by atomic mass is 10.2. The monoisotopic (exact) mass is 278 g/mol. The van der Waals surface area contributed by atoms with Gasteiger partial charge >= 0.3 is 0 Å². The molecule has 0 aliphatic carbocycles.